The van der Waals surface area contributed by atoms with E-state index in [0.717, 1.165) is 30.2 Å². The van der Waals surface area contributed by atoms with Crippen molar-refractivity contribution in [2.24, 2.45) is 0 Å². The zero-order chi connectivity index (χ0) is 19.3. The van der Waals surface area contributed by atoms with E-state index in [0.29, 0.717) is 18.1 Å². The quantitative estimate of drug-likeness (QED) is 0.708. The molecule has 0 spiro atoms. The van der Waals surface area contributed by atoms with Crippen molar-refractivity contribution in [2.75, 3.05) is 25.1 Å². The molecule has 0 radical (unpaired) electrons. The van der Waals surface area contributed by atoms with E-state index < -0.39 is 0 Å². The molecule has 1 aromatic carbocycles. The summed E-state index contributed by atoms with van der Waals surface area (Å²) in [6.07, 6.45) is 7.17. The first-order valence-electron chi connectivity index (χ1n) is 9.26. The van der Waals surface area contributed by atoms with Crippen LogP contribution in [0.3, 0.4) is 0 Å². The van der Waals surface area contributed by atoms with Crippen LogP contribution in [0.2, 0.25) is 0 Å². The molecule has 8 heteroatoms. The number of hydrogen-bond acceptors (Lipinski definition) is 6. The number of nitrogens with zero attached hydrogens (tertiary/aromatic N) is 5. The minimum Gasteiger partial charge on any atom is -0.496 e. The van der Waals surface area contributed by atoms with Gasteiger partial charge in [-0.2, -0.15) is 0 Å². The van der Waals surface area contributed by atoms with E-state index in [-0.39, 0.29) is 5.91 Å². The number of amides is 1. The highest BCUT2D eigenvalue weighted by atomic mass is 16.5. The SMILES string of the molecule is COc1ccccc1CNC(=O)c1cn(-c2cc(N3CCCC3)ncn2)cn1. The van der Waals surface area contributed by atoms with E-state index in [9.17, 15) is 4.79 Å². The lowest BCUT2D eigenvalue weighted by Crippen LogP contribution is -2.23. The smallest absolute Gasteiger partial charge is 0.271 e. The fourth-order valence-corrected chi connectivity index (χ4v) is 3.28. The summed E-state index contributed by atoms with van der Waals surface area (Å²) in [6.45, 7) is 2.39. The van der Waals surface area contributed by atoms with Crippen LogP contribution in [0.15, 0.2) is 49.2 Å². The van der Waals surface area contributed by atoms with Gasteiger partial charge in [-0.15, -0.1) is 0 Å². The zero-order valence-electron chi connectivity index (χ0n) is 15.7. The van der Waals surface area contributed by atoms with E-state index in [1.165, 1.54) is 12.8 Å². The van der Waals surface area contributed by atoms with Gasteiger partial charge in [-0.05, 0) is 18.9 Å². The van der Waals surface area contributed by atoms with Crippen molar-refractivity contribution < 1.29 is 9.53 Å². The van der Waals surface area contributed by atoms with E-state index in [2.05, 4.69) is 25.2 Å². The van der Waals surface area contributed by atoms with Gasteiger partial charge in [0, 0.05) is 37.5 Å². The lowest BCUT2D eigenvalue weighted by atomic mass is 10.2. The minimum absolute atomic E-state index is 0.251. The Kier molecular flexibility index (Phi) is 5.18. The summed E-state index contributed by atoms with van der Waals surface area (Å²) in [7, 11) is 1.61. The Morgan fingerprint density at radius 3 is 2.75 bits per heavy atom. The normalized spacial score (nSPS) is 13.5. The third-order valence-corrected chi connectivity index (χ3v) is 4.78. The van der Waals surface area contributed by atoms with E-state index >= 15 is 0 Å². The molecule has 8 nitrogen and oxygen atoms in total. The standard InChI is InChI=1S/C20H22N6O2/c1-28-17-7-3-2-6-15(17)11-21-20(27)16-12-26(14-24-16)19-10-18(22-13-23-19)25-8-4-5-9-25/h2-3,6-7,10,12-14H,4-5,8-9,11H2,1H3,(H,21,27). The minimum atomic E-state index is -0.251. The molecule has 3 heterocycles. The number of methoxy groups -OCH3 is 1. The van der Waals surface area contributed by atoms with Gasteiger partial charge in [-0.1, -0.05) is 18.2 Å². The average Bonchev–Trinajstić information content (AvgIpc) is 3.45. The average molecular weight is 378 g/mol. The Hall–Kier alpha value is -3.42. The molecule has 0 aliphatic carbocycles. The Morgan fingerprint density at radius 1 is 1.14 bits per heavy atom. The molecule has 144 valence electrons. The number of benzene rings is 1. The topological polar surface area (TPSA) is 85.2 Å². The van der Waals surface area contributed by atoms with Gasteiger partial charge < -0.3 is 15.0 Å². The van der Waals surface area contributed by atoms with Crippen LogP contribution in [0.5, 0.6) is 5.75 Å². The number of imidazole rings is 1. The number of carbonyl (C=O) groups excluding carboxylic acids is 1. The van der Waals surface area contributed by atoms with Crippen molar-refractivity contribution >= 4 is 11.7 Å². The number of aromatic nitrogens is 4. The Balaban J connectivity index is 1.45. The van der Waals surface area contributed by atoms with Gasteiger partial charge in [-0.25, -0.2) is 15.0 Å². The second-order valence-electron chi connectivity index (χ2n) is 6.59. The van der Waals surface area contributed by atoms with Crippen molar-refractivity contribution in [3.05, 3.63) is 60.4 Å². The molecule has 0 saturated carbocycles. The molecule has 1 saturated heterocycles. The third kappa shape index (κ3) is 3.80. The molecule has 1 amide bonds. The number of anilines is 1. The monoisotopic (exact) mass is 378 g/mol. The highest BCUT2D eigenvalue weighted by molar-refractivity contribution is 5.92. The molecule has 0 unspecified atom stereocenters. The summed E-state index contributed by atoms with van der Waals surface area (Å²) < 4.78 is 7.04. The molecule has 1 aliphatic rings. The van der Waals surface area contributed by atoms with Crippen LogP contribution < -0.4 is 15.0 Å². The Labute approximate surface area is 163 Å². The third-order valence-electron chi connectivity index (χ3n) is 4.78. The number of rotatable bonds is 6. The Morgan fingerprint density at radius 2 is 1.93 bits per heavy atom. The summed E-state index contributed by atoms with van der Waals surface area (Å²) >= 11 is 0. The number of nitrogens with one attached hydrogen (secondary N) is 1. The highest BCUT2D eigenvalue weighted by Gasteiger charge is 2.16. The summed E-state index contributed by atoms with van der Waals surface area (Å²) in [5, 5.41) is 2.88. The molecule has 3 aromatic rings. The van der Waals surface area contributed by atoms with Crippen molar-refractivity contribution in [2.45, 2.75) is 19.4 Å². The van der Waals surface area contributed by atoms with E-state index in [1.54, 1.807) is 30.5 Å². The van der Waals surface area contributed by atoms with Crippen LogP contribution in [0.4, 0.5) is 5.82 Å². The fourth-order valence-electron chi connectivity index (χ4n) is 3.28. The first-order valence-corrected chi connectivity index (χ1v) is 9.26. The van der Waals surface area contributed by atoms with Crippen LogP contribution in [0.25, 0.3) is 5.82 Å². The maximum atomic E-state index is 12.5. The predicted molar refractivity (Wildman–Crippen MR) is 105 cm³/mol. The van der Waals surface area contributed by atoms with Crippen LogP contribution >= 0.6 is 0 Å². The molecule has 0 atom stereocenters. The number of hydrogen-bond donors (Lipinski definition) is 1. The van der Waals surface area contributed by atoms with Gasteiger partial charge in [0.1, 0.15) is 35.7 Å². The van der Waals surface area contributed by atoms with Crippen molar-refractivity contribution in [3.63, 3.8) is 0 Å². The molecule has 1 aliphatic heterocycles. The fraction of sp³-hybridized carbons (Fsp3) is 0.300. The Bertz CT molecular complexity index is 965. The second kappa shape index (κ2) is 8.08. The number of para-hydroxylation sites is 1. The lowest BCUT2D eigenvalue weighted by Gasteiger charge is -2.16. The molecule has 1 N–H and O–H groups in total. The molecule has 2 aromatic heterocycles. The maximum absolute atomic E-state index is 12.5. The summed E-state index contributed by atoms with van der Waals surface area (Å²) in [6, 6.07) is 9.50. The zero-order valence-corrected chi connectivity index (χ0v) is 15.7. The first-order chi connectivity index (χ1) is 13.7. The van der Waals surface area contributed by atoms with Gasteiger partial charge in [0.05, 0.1) is 7.11 Å². The second-order valence-corrected chi connectivity index (χ2v) is 6.59. The molecule has 0 bridgehead atoms. The molecular formula is C20H22N6O2. The van der Waals surface area contributed by atoms with Crippen LogP contribution in [-0.2, 0) is 6.54 Å². The van der Waals surface area contributed by atoms with Gasteiger partial charge in [-0.3, -0.25) is 9.36 Å². The highest BCUT2D eigenvalue weighted by Crippen LogP contribution is 2.19. The summed E-state index contributed by atoms with van der Waals surface area (Å²) in [5.41, 5.74) is 1.24. The van der Waals surface area contributed by atoms with Crippen molar-refractivity contribution in [1.29, 1.82) is 0 Å². The van der Waals surface area contributed by atoms with E-state index in [1.807, 2.05) is 30.3 Å². The van der Waals surface area contributed by atoms with E-state index in [4.69, 9.17) is 4.74 Å². The summed E-state index contributed by atoms with van der Waals surface area (Å²) in [4.78, 5) is 27.6. The predicted octanol–water partition coefficient (Wildman–Crippen LogP) is 2.20. The number of carbonyl (C=O) groups is 1. The van der Waals surface area contributed by atoms with Crippen LogP contribution in [-0.4, -0.2) is 45.6 Å². The van der Waals surface area contributed by atoms with Gasteiger partial charge in [0.2, 0.25) is 0 Å². The lowest BCUT2D eigenvalue weighted by molar-refractivity contribution is 0.0946. The molecule has 1 fully saturated rings. The molecular weight excluding hydrogens is 356 g/mol. The largest absolute Gasteiger partial charge is 0.496 e. The number of ether oxygens (including phenoxy) is 1. The van der Waals surface area contributed by atoms with Crippen molar-refractivity contribution in [3.8, 4) is 11.6 Å². The van der Waals surface area contributed by atoms with Crippen LogP contribution in [0, 0.1) is 0 Å². The van der Waals surface area contributed by atoms with Gasteiger partial charge in [0.15, 0.2) is 0 Å². The van der Waals surface area contributed by atoms with Gasteiger partial charge in [0.25, 0.3) is 5.91 Å². The molecule has 4 rings (SSSR count). The maximum Gasteiger partial charge on any atom is 0.271 e. The first kappa shape index (κ1) is 18.0. The van der Waals surface area contributed by atoms with Gasteiger partial charge >= 0.3 is 0 Å². The summed E-state index contributed by atoms with van der Waals surface area (Å²) in [5.74, 6) is 2.08. The van der Waals surface area contributed by atoms with Crippen LogP contribution in [0.1, 0.15) is 28.9 Å². The molecule has 28 heavy (non-hydrogen) atoms. The van der Waals surface area contributed by atoms with Crippen molar-refractivity contribution in [1.82, 2.24) is 24.8 Å².